The molecule has 0 spiro atoms. The molecule has 1 amide bonds. The van der Waals surface area contributed by atoms with Gasteiger partial charge in [-0.15, -0.1) is 0 Å². The first kappa shape index (κ1) is 14.1. The first-order chi connectivity index (χ1) is 8.66. The fourth-order valence-corrected chi connectivity index (χ4v) is 4.69. The number of nitrogen functional groups attached to an aromatic ring is 1. The van der Waals surface area contributed by atoms with Crippen LogP contribution in [0.25, 0.3) is 0 Å². The predicted molar refractivity (Wildman–Crippen MR) is 84.5 cm³/mol. The van der Waals surface area contributed by atoms with E-state index in [0.717, 1.165) is 10.2 Å². The zero-order valence-corrected chi connectivity index (χ0v) is 13.0. The Hall–Kier alpha value is -0.330. The van der Waals surface area contributed by atoms with Crippen LogP contribution in [0.1, 0.15) is 10.4 Å². The lowest BCUT2D eigenvalue weighted by molar-refractivity contribution is 0.0955. The molecule has 1 aliphatic rings. The van der Waals surface area contributed by atoms with Gasteiger partial charge in [-0.3, -0.25) is 4.79 Å². The SMILES string of the molecule is Nc1cc(Br)ccc1C(=O)NCC1CSCCS1. The third-order valence-corrected chi connectivity index (χ3v) is 5.97. The van der Waals surface area contributed by atoms with Gasteiger partial charge in [0.05, 0.1) is 5.56 Å². The number of hydrogen-bond donors (Lipinski definition) is 2. The number of carbonyl (C=O) groups is 1. The molecule has 1 unspecified atom stereocenters. The third-order valence-electron chi connectivity index (χ3n) is 2.63. The summed E-state index contributed by atoms with van der Waals surface area (Å²) in [4.78, 5) is 12.0. The summed E-state index contributed by atoms with van der Waals surface area (Å²) >= 11 is 7.21. The van der Waals surface area contributed by atoms with E-state index in [9.17, 15) is 4.79 Å². The van der Waals surface area contributed by atoms with Crippen molar-refractivity contribution in [2.75, 3.05) is 29.5 Å². The molecule has 6 heteroatoms. The molecular weight excluding hydrogens is 332 g/mol. The number of benzene rings is 1. The van der Waals surface area contributed by atoms with E-state index in [2.05, 4.69) is 21.2 Å². The molecule has 0 radical (unpaired) electrons. The maximum absolute atomic E-state index is 12.0. The summed E-state index contributed by atoms with van der Waals surface area (Å²) in [6.45, 7) is 0.714. The molecule has 0 aliphatic carbocycles. The zero-order chi connectivity index (χ0) is 13.0. The van der Waals surface area contributed by atoms with Crippen LogP contribution >= 0.6 is 39.5 Å². The second-order valence-corrected chi connectivity index (χ2v) is 7.48. The minimum atomic E-state index is -0.0869. The number of hydrogen-bond acceptors (Lipinski definition) is 4. The van der Waals surface area contributed by atoms with E-state index in [1.165, 1.54) is 11.5 Å². The minimum absolute atomic E-state index is 0.0869. The summed E-state index contributed by atoms with van der Waals surface area (Å²) in [6.07, 6.45) is 0. The topological polar surface area (TPSA) is 55.1 Å². The van der Waals surface area contributed by atoms with Crippen LogP contribution in [0, 0.1) is 0 Å². The second kappa shape index (κ2) is 6.73. The summed E-state index contributed by atoms with van der Waals surface area (Å²) < 4.78 is 0.885. The van der Waals surface area contributed by atoms with Crippen LogP contribution in [0.4, 0.5) is 5.69 Å². The molecule has 3 nitrogen and oxygen atoms in total. The van der Waals surface area contributed by atoms with E-state index in [1.54, 1.807) is 12.1 Å². The minimum Gasteiger partial charge on any atom is -0.398 e. The number of halogens is 1. The van der Waals surface area contributed by atoms with Crippen LogP contribution < -0.4 is 11.1 Å². The fraction of sp³-hybridized carbons (Fsp3) is 0.417. The molecular formula is C12H15BrN2OS2. The van der Waals surface area contributed by atoms with Gasteiger partial charge in [0, 0.05) is 39.2 Å². The molecule has 3 N–H and O–H groups in total. The van der Waals surface area contributed by atoms with E-state index in [4.69, 9.17) is 5.73 Å². The number of carbonyl (C=O) groups excluding carboxylic acids is 1. The number of anilines is 1. The van der Waals surface area contributed by atoms with Gasteiger partial charge in [-0.1, -0.05) is 15.9 Å². The molecule has 1 aromatic carbocycles. The van der Waals surface area contributed by atoms with Crippen molar-refractivity contribution >= 4 is 51.0 Å². The van der Waals surface area contributed by atoms with Crippen LogP contribution in [-0.2, 0) is 0 Å². The van der Waals surface area contributed by atoms with Crippen LogP contribution in [0.5, 0.6) is 0 Å². The third kappa shape index (κ3) is 3.83. The van der Waals surface area contributed by atoms with Crippen molar-refractivity contribution in [3.8, 4) is 0 Å². The van der Waals surface area contributed by atoms with Crippen molar-refractivity contribution < 1.29 is 4.79 Å². The van der Waals surface area contributed by atoms with Gasteiger partial charge in [0.25, 0.3) is 5.91 Å². The highest BCUT2D eigenvalue weighted by Crippen LogP contribution is 2.23. The van der Waals surface area contributed by atoms with Crippen molar-refractivity contribution in [3.05, 3.63) is 28.2 Å². The standard InChI is InChI=1S/C12H15BrN2OS2/c13-8-1-2-10(11(14)5-8)12(16)15-6-9-7-17-3-4-18-9/h1-2,5,9H,3-4,6-7,14H2,(H,15,16). The summed E-state index contributed by atoms with van der Waals surface area (Å²) in [5.74, 6) is 3.41. The lowest BCUT2D eigenvalue weighted by atomic mass is 10.1. The maximum Gasteiger partial charge on any atom is 0.253 e. The molecule has 1 saturated heterocycles. The van der Waals surface area contributed by atoms with Crippen LogP contribution in [-0.4, -0.2) is 35.0 Å². The number of amides is 1. The molecule has 2 rings (SSSR count). The highest BCUT2D eigenvalue weighted by atomic mass is 79.9. The normalized spacial score (nSPS) is 19.5. The van der Waals surface area contributed by atoms with Crippen LogP contribution in [0.3, 0.4) is 0 Å². The van der Waals surface area contributed by atoms with Gasteiger partial charge in [0.15, 0.2) is 0 Å². The largest absolute Gasteiger partial charge is 0.398 e. The van der Waals surface area contributed by atoms with Crippen molar-refractivity contribution in [2.24, 2.45) is 0 Å². The van der Waals surface area contributed by atoms with E-state index in [-0.39, 0.29) is 5.91 Å². The van der Waals surface area contributed by atoms with E-state index >= 15 is 0 Å². The van der Waals surface area contributed by atoms with Gasteiger partial charge in [-0.2, -0.15) is 23.5 Å². The van der Waals surface area contributed by atoms with Crippen LogP contribution in [0.15, 0.2) is 22.7 Å². The van der Waals surface area contributed by atoms with Gasteiger partial charge in [-0.25, -0.2) is 0 Å². The predicted octanol–water partition coefficient (Wildman–Crippen LogP) is 2.61. The molecule has 1 heterocycles. The van der Waals surface area contributed by atoms with E-state index < -0.39 is 0 Å². The Morgan fingerprint density at radius 2 is 2.33 bits per heavy atom. The van der Waals surface area contributed by atoms with E-state index in [0.29, 0.717) is 23.0 Å². The molecule has 0 aromatic heterocycles. The van der Waals surface area contributed by atoms with Crippen molar-refractivity contribution in [2.45, 2.75) is 5.25 Å². The average Bonchev–Trinajstić information content (AvgIpc) is 2.37. The first-order valence-electron chi connectivity index (χ1n) is 5.69. The number of thioether (sulfide) groups is 2. The molecule has 1 aromatic rings. The van der Waals surface area contributed by atoms with Crippen molar-refractivity contribution in [1.82, 2.24) is 5.32 Å². The lowest BCUT2D eigenvalue weighted by Crippen LogP contribution is -2.33. The molecule has 0 saturated carbocycles. The quantitative estimate of drug-likeness (QED) is 0.826. The molecule has 0 bridgehead atoms. The summed E-state index contributed by atoms with van der Waals surface area (Å²) in [5.41, 5.74) is 6.89. The first-order valence-corrected chi connectivity index (χ1v) is 8.69. The average molecular weight is 347 g/mol. The van der Waals surface area contributed by atoms with Gasteiger partial charge in [0.2, 0.25) is 0 Å². The maximum atomic E-state index is 12.0. The second-order valence-electron chi connectivity index (χ2n) is 4.01. The Labute approximate surface area is 124 Å². The number of nitrogens with two attached hydrogens (primary N) is 1. The summed E-state index contributed by atoms with van der Waals surface area (Å²) in [5, 5.41) is 3.48. The summed E-state index contributed by atoms with van der Waals surface area (Å²) in [6, 6.07) is 5.33. The monoisotopic (exact) mass is 346 g/mol. The molecule has 1 fully saturated rings. The van der Waals surface area contributed by atoms with Gasteiger partial charge in [-0.05, 0) is 18.2 Å². The van der Waals surface area contributed by atoms with E-state index in [1.807, 2.05) is 29.6 Å². The van der Waals surface area contributed by atoms with Crippen LogP contribution in [0.2, 0.25) is 0 Å². The summed E-state index contributed by atoms with van der Waals surface area (Å²) in [7, 11) is 0. The van der Waals surface area contributed by atoms with Gasteiger partial charge in [0.1, 0.15) is 0 Å². The fourth-order valence-electron chi connectivity index (χ4n) is 1.70. The number of rotatable bonds is 3. The Bertz CT molecular complexity index is 436. The van der Waals surface area contributed by atoms with Gasteiger partial charge >= 0.3 is 0 Å². The smallest absolute Gasteiger partial charge is 0.253 e. The Morgan fingerprint density at radius 3 is 3.00 bits per heavy atom. The zero-order valence-electron chi connectivity index (χ0n) is 9.82. The lowest BCUT2D eigenvalue weighted by Gasteiger charge is -2.21. The molecule has 18 heavy (non-hydrogen) atoms. The van der Waals surface area contributed by atoms with Gasteiger partial charge < -0.3 is 11.1 Å². The molecule has 1 atom stereocenters. The highest BCUT2D eigenvalue weighted by molar-refractivity contribution is 9.10. The Morgan fingerprint density at radius 1 is 1.50 bits per heavy atom. The molecule has 1 aliphatic heterocycles. The Kier molecular flexibility index (Phi) is 5.26. The highest BCUT2D eigenvalue weighted by Gasteiger charge is 2.16. The van der Waals surface area contributed by atoms with Crippen molar-refractivity contribution in [1.29, 1.82) is 0 Å². The van der Waals surface area contributed by atoms with Crippen molar-refractivity contribution in [3.63, 3.8) is 0 Å². The Balaban J connectivity index is 1.90. The molecule has 98 valence electrons. The number of nitrogens with one attached hydrogen (secondary N) is 1.